The molecule has 3 aliphatic rings. The fourth-order valence-corrected chi connectivity index (χ4v) is 4.87. The van der Waals surface area contributed by atoms with E-state index in [4.69, 9.17) is 0 Å². The van der Waals surface area contributed by atoms with Gasteiger partial charge in [0.15, 0.2) is 0 Å². The maximum Gasteiger partial charge on any atom is 0.230 e. The summed E-state index contributed by atoms with van der Waals surface area (Å²) >= 11 is 0. The van der Waals surface area contributed by atoms with Crippen molar-refractivity contribution in [3.63, 3.8) is 0 Å². The number of tetrazole rings is 1. The highest BCUT2D eigenvalue weighted by atomic mass is 16.2. The van der Waals surface area contributed by atoms with Gasteiger partial charge in [0.1, 0.15) is 12.5 Å². The first-order chi connectivity index (χ1) is 13.6. The van der Waals surface area contributed by atoms with Crippen LogP contribution in [0.15, 0.2) is 6.33 Å². The second-order valence-electron chi connectivity index (χ2n) is 8.40. The van der Waals surface area contributed by atoms with Crippen molar-refractivity contribution in [3.05, 3.63) is 6.33 Å². The molecule has 4 heterocycles. The van der Waals surface area contributed by atoms with Crippen LogP contribution >= 0.6 is 0 Å². The number of amides is 2. The molecule has 1 aromatic rings. The summed E-state index contributed by atoms with van der Waals surface area (Å²) in [5, 5.41) is 11.3. The van der Waals surface area contributed by atoms with E-state index < -0.39 is 0 Å². The minimum Gasteiger partial charge on any atom is -0.342 e. The predicted octanol–water partition coefficient (Wildman–Crippen LogP) is -0.0730. The molecule has 3 saturated heterocycles. The van der Waals surface area contributed by atoms with Crippen molar-refractivity contribution in [2.75, 3.05) is 32.7 Å². The monoisotopic (exact) mass is 390 g/mol. The molecule has 0 aliphatic carbocycles. The van der Waals surface area contributed by atoms with Gasteiger partial charge in [0, 0.05) is 44.6 Å². The van der Waals surface area contributed by atoms with E-state index in [-0.39, 0.29) is 29.3 Å². The Morgan fingerprint density at radius 2 is 2.25 bits per heavy atom. The van der Waals surface area contributed by atoms with Crippen LogP contribution < -0.4 is 10.9 Å². The molecule has 28 heavy (non-hydrogen) atoms. The van der Waals surface area contributed by atoms with E-state index in [2.05, 4.69) is 33.3 Å². The van der Waals surface area contributed by atoms with Gasteiger partial charge in [-0.3, -0.25) is 15.0 Å². The molecule has 1 aromatic heterocycles. The maximum atomic E-state index is 13.3. The third-order valence-corrected chi connectivity index (χ3v) is 6.42. The first-order valence-electron chi connectivity index (χ1n) is 10.4. The molecule has 1 spiro atoms. The maximum absolute atomic E-state index is 13.3. The number of nitrogens with one attached hydrogen (secondary N) is 2. The number of rotatable bonds is 5. The molecular weight excluding hydrogens is 360 g/mol. The molecule has 2 amide bonds. The van der Waals surface area contributed by atoms with Crippen molar-refractivity contribution in [1.82, 2.24) is 40.9 Å². The first kappa shape index (κ1) is 19.3. The number of aromatic nitrogens is 4. The van der Waals surface area contributed by atoms with Crippen LogP contribution in [0.25, 0.3) is 0 Å². The van der Waals surface area contributed by atoms with Gasteiger partial charge in [0.25, 0.3) is 0 Å². The molecule has 2 N–H and O–H groups in total. The summed E-state index contributed by atoms with van der Waals surface area (Å²) in [4.78, 5) is 29.7. The van der Waals surface area contributed by atoms with Crippen molar-refractivity contribution >= 4 is 11.8 Å². The summed E-state index contributed by atoms with van der Waals surface area (Å²) in [6, 6.07) is 0. The molecule has 3 unspecified atom stereocenters. The number of unbranched alkanes of at least 4 members (excludes halogenated alkanes) is 1. The van der Waals surface area contributed by atoms with Crippen LogP contribution in [-0.4, -0.2) is 74.5 Å². The van der Waals surface area contributed by atoms with E-state index in [1.807, 2.05) is 9.80 Å². The summed E-state index contributed by atoms with van der Waals surface area (Å²) in [5.41, 5.74) is 6.22. The zero-order valence-electron chi connectivity index (χ0n) is 16.5. The third kappa shape index (κ3) is 3.75. The van der Waals surface area contributed by atoms with Crippen LogP contribution in [0.1, 0.15) is 51.6 Å². The van der Waals surface area contributed by atoms with Crippen molar-refractivity contribution in [1.29, 1.82) is 0 Å². The summed E-state index contributed by atoms with van der Waals surface area (Å²) in [6.45, 7) is 5.84. The number of hydrogen-bond donors (Lipinski definition) is 2. The molecule has 4 rings (SSSR count). The van der Waals surface area contributed by atoms with Crippen molar-refractivity contribution in [3.8, 4) is 0 Å². The molecule has 3 aliphatic heterocycles. The standard InChI is InChI=1S/C18H30N8O2/c1-2-3-8-24-11-18(7-5-15(24)27)6-4-9-25(12-18)17(28)14-10-19-21-16(14)26-13-20-22-23-26/h13-14,16,19,21H,2-12H2,1H3. The molecule has 0 aromatic carbocycles. The lowest BCUT2D eigenvalue weighted by Crippen LogP contribution is -2.56. The lowest BCUT2D eigenvalue weighted by molar-refractivity contribution is -0.145. The van der Waals surface area contributed by atoms with Gasteiger partial charge in [0.05, 0.1) is 5.92 Å². The quantitative estimate of drug-likeness (QED) is 0.724. The highest BCUT2D eigenvalue weighted by molar-refractivity contribution is 5.80. The number of carbonyl (C=O) groups is 2. The Bertz CT molecular complexity index is 696. The summed E-state index contributed by atoms with van der Waals surface area (Å²) < 4.78 is 1.59. The average molecular weight is 390 g/mol. The smallest absolute Gasteiger partial charge is 0.230 e. The van der Waals surface area contributed by atoms with E-state index in [9.17, 15) is 9.59 Å². The Morgan fingerprint density at radius 1 is 1.36 bits per heavy atom. The molecule has 0 saturated carbocycles. The van der Waals surface area contributed by atoms with Gasteiger partial charge < -0.3 is 9.80 Å². The molecule has 0 radical (unpaired) electrons. The van der Waals surface area contributed by atoms with E-state index >= 15 is 0 Å². The largest absolute Gasteiger partial charge is 0.342 e. The van der Waals surface area contributed by atoms with Crippen LogP contribution in [0.5, 0.6) is 0 Å². The van der Waals surface area contributed by atoms with Gasteiger partial charge in [-0.05, 0) is 36.1 Å². The average Bonchev–Trinajstić information content (AvgIpc) is 3.40. The topological polar surface area (TPSA) is 108 Å². The van der Waals surface area contributed by atoms with Gasteiger partial charge in [-0.2, -0.15) is 0 Å². The molecule has 0 bridgehead atoms. The van der Waals surface area contributed by atoms with Gasteiger partial charge in [-0.15, -0.1) is 5.10 Å². The van der Waals surface area contributed by atoms with Crippen LogP contribution in [0.3, 0.4) is 0 Å². The molecule has 10 heteroatoms. The zero-order chi connectivity index (χ0) is 19.6. The fraction of sp³-hybridized carbons (Fsp3) is 0.833. The van der Waals surface area contributed by atoms with Gasteiger partial charge in [-0.25, -0.2) is 10.1 Å². The number of hydrogen-bond acceptors (Lipinski definition) is 7. The van der Waals surface area contributed by atoms with Crippen molar-refractivity contribution in [2.24, 2.45) is 11.3 Å². The van der Waals surface area contributed by atoms with E-state index in [1.54, 1.807) is 4.68 Å². The lowest BCUT2D eigenvalue weighted by atomic mass is 9.73. The fourth-order valence-electron chi connectivity index (χ4n) is 4.87. The number of hydrazine groups is 1. The number of nitrogens with zero attached hydrogens (tertiary/aromatic N) is 6. The van der Waals surface area contributed by atoms with Crippen molar-refractivity contribution < 1.29 is 9.59 Å². The minimum absolute atomic E-state index is 0.0410. The Balaban J connectivity index is 1.44. The van der Waals surface area contributed by atoms with E-state index in [1.165, 1.54) is 6.33 Å². The summed E-state index contributed by atoms with van der Waals surface area (Å²) in [5.74, 6) is 0.152. The second-order valence-corrected chi connectivity index (χ2v) is 8.40. The Hall–Kier alpha value is -2.07. The van der Waals surface area contributed by atoms with Gasteiger partial charge in [-0.1, -0.05) is 13.3 Å². The predicted molar refractivity (Wildman–Crippen MR) is 100 cm³/mol. The second kappa shape index (κ2) is 8.12. The Labute approximate surface area is 165 Å². The normalized spacial score (nSPS) is 31.0. The number of likely N-dealkylation sites (tertiary alicyclic amines) is 2. The van der Waals surface area contributed by atoms with Gasteiger partial charge >= 0.3 is 0 Å². The molecular formula is C18H30N8O2. The number of piperidine rings is 2. The molecule has 3 fully saturated rings. The van der Waals surface area contributed by atoms with Crippen LogP contribution in [0.2, 0.25) is 0 Å². The van der Waals surface area contributed by atoms with Gasteiger partial charge in [0.2, 0.25) is 11.8 Å². The van der Waals surface area contributed by atoms with E-state index in [0.717, 1.165) is 58.3 Å². The highest BCUT2D eigenvalue weighted by Gasteiger charge is 2.45. The summed E-state index contributed by atoms with van der Waals surface area (Å²) in [6.07, 6.45) is 6.94. The molecule has 3 atom stereocenters. The SMILES string of the molecule is CCCCN1CC2(CCCN(C(=O)C3CNNC3n3cnnn3)C2)CCC1=O. The zero-order valence-corrected chi connectivity index (χ0v) is 16.5. The van der Waals surface area contributed by atoms with Crippen molar-refractivity contribution in [2.45, 2.75) is 51.6 Å². The third-order valence-electron chi connectivity index (χ3n) is 6.42. The van der Waals surface area contributed by atoms with Crippen LogP contribution in [-0.2, 0) is 9.59 Å². The minimum atomic E-state index is -0.283. The summed E-state index contributed by atoms with van der Waals surface area (Å²) in [7, 11) is 0. The Kier molecular flexibility index (Phi) is 5.58. The molecule has 154 valence electrons. The first-order valence-corrected chi connectivity index (χ1v) is 10.4. The lowest BCUT2D eigenvalue weighted by Gasteiger charge is -2.48. The van der Waals surface area contributed by atoms with E-state index in [0.29, 0.717) is 13.0 Å². The van der Waals surface area contributed by atoms with Crippen LogP contribution in [0, 0.1) is 11.3 Å². The highest BCUT2D eigenvalue weighted by Crippen LogP contribution is 2.39. The molecule has 10 nitrogen and oxygen atoms in total. The number of carbonyl (C=O) groups excluding carboxylic acids is 2. The van der Waals surface area contributed by atoms with Crippen LogP contribution in [0.4, 0.5) is 0 Å². The Morgan fingerprint density at radius 3 is 3.04 bits per heavy atom.